The molecule has 5 nitrogen and oxygen atoms in total. The van der Waals surface area contributed by atoms with Crippen LogP contribution in [0, 0.1) is 5.82 Å². The van der Waals surface area contributed by atoms with Gasteiger partial charge in [0.15, 0.2) is 0 Å². The van der Waals surface area contributed by atoms with E-state index in [9.17, 15) is 4.39 Å². The number of rotatable bonds is 3. The summed E-state index contributed by atoms with van der Waals surface area (Å²) in [5.74, 6) is 5.97. The molecule has 0 saturated carbocycles. The third kappa shape index (κ3) is 2.89. The molecule has 0 amide bonds. The molecular weight excluding hydrogens is 289 g/mol. The van der Waals surface area contributed by atoms with Crippen molar-refractivity contribution in [1.82, 2.24) is 9.97 Å². The van der Waals surface area contributed by atoms with Crippen LogP contribution in [0.25, 0.3) is 0 Å². The fourth-order valence-corrected chi connectivity index (χ4v) is 1.68. The van der Waals surface area contributed by atoms with E-state index in [0.717, 1.165) is 0 Å². The largest absolute Gasteiger partial charge is 0.339 e. The van der Waals surface area contributed by atoms with E-state index in [1.165, 1.54) is 18.5 Å². The number of anilines is 3. The van der Waals surface area contributed by atoms with E-state index < -0.39 is 0 Å². The highest BCUT2D eigenvalue weighted by Crippen LogP contribution is 2.26. The Morgan fingerprint density at radius 2 is 1.94 bits per heavy atom. The van der Waals surface area contributed by atoms with Crippen molar-refractivity contribution in [2.24, 2.45) is 5.84 Å². The summed E-state index contributed by atoms with van der Waals surface area (Å²) in [5, 5.41) is 3.01. The lowest BCUT2D eigenvalue weighted by molar-refractivity contribution is 0.627. The molecule has 0 aliphatic rings. The number of benzene rings is 1. The molecule has 2 rings (SSSR count). The van der Waals surface area contributed by atoms with Crippen molar-refractivity contribution >= 4 is 33.3 Å². The summed E-state index contributed by atoms with van der Waals surface area (Å²) in [6, 6.07) is 5.97. The SMILES string of the molecule is NNc1cc(Nc2ccc(F)cc2Br)ncn1. The van der Waals surface area contributed by atoms with Crippen molar-refractivity contribution < 1.29 is 4.39 Å². The molecule has 1 aromatic carbocycles. The second-order valence-corrected chi connectivity index (χ2v) is 4.04. The zero-order valence-electron chi connectivity index (χ0n) is 8.61. The molecule has 0 atom stereocenters. The minimum absolute atomic E-state index is 0.311. The van der Waals surface area contributed by atoms with Gasteiger partial charge in [-0.3, -0.25) is 0 Å². The van der Waals surface area contributed by atoms with Gasteiger partial charge in [-0.1, -0.05) is 0 Å². The number of hydrogen-bond donors (Lipinski definition) is 3. The van der Waals surface area contributed by atoms with Gasteiger partial charge in [0.25, 0.3) is 0 Å². The first-order chi connectivity index (χ1) is 8.19. The molecule has 17 heavy (non-hydrogen) atoms. The summed E-state index contributed by atoms with van der Waals surface area (Å²) >= 11 is 3.25. The topological polar surface area (TPSA) is 75.9 Å². The standard InChI is InChI=1S/C10H9BrFN5/c11-7-3-6(12)1-2-8(7)16-9-4-10(17-13)15-5-14-9/h1-5H,13H2,(H2,14,15,16,17). The van der Waals surface area contributed by atoms with Crippen molar-refractivity contribution in [3.05, 3.63) is 40.9 Å². The zero-order chi connectivity index (χ0) is 12.3. The van der Waals surface area contributed by atoms with Crippen LogP contribution < -0.4 is 16.6 Å². The summed E-state index contributed by atoms with van der Waals surface area (Å²) in [6.45, 7) is 0. The number of nitrogen functional groups attached to an aromatic ring is 1. The van der Waals surface area contributed by atoms with Crippen LogP contribution in [0.2, 0.25) is 0 Å². The zero-order valence-corrected chi connectivity index (χ0v) is 10.2. The third-order valence-corrected chi connectivity index (χ3v) is 2.66. The van der Waals surface area contributed by atoms with Gasteiger partial charge in [-0.15, -0.1) is 0 Å². The van der Waals surface area contributed by atoms with E-state index in [2.05, 4.69) is 36.6 Å². The lowest BCUT2D eigenvalue weighted by Crippen LogP contribution is -2.09. The average molecular weight is 298 g/mol. The molecule has 7 heteroatoms. The Morgan fingerprint density at radius 1 is 1.18 bits per heavy atom. The molecule has 0 aliphatic heterocycles. The van der Waals surface area contributed by atoms with Gasteiger partial charge in [0.1, 0.15) is 23.8 Å². The molecule has 0 aliphatic carbocycles. The predicted molar refractivity (Wildman–Crippen MR) is 67.2 cm³/mol. The maximum Gasteiger partial charge on any atom is 0.145 e. The van der Waals surface area contributed by atoms with Crippen LogP contribution in [0.3, 0.4) is 0 Å². The quantitative estimate of drug-likeness (QED) is 0.599. The lowest BCUT2D eigenvalue weighted by atomic mass is 10.3. The minimum atomic E-state index is -0.311. The Hall–Kier alpha value is -1.73. The fourth-order valence-electron chi connectivity index (χ4n) is 1.23. The number of nitrogens with one attached hydrogen (secondary N) is 2. The molecular formula is C10H9BrFN5. The molecule has 1 aromatic heterocycles. The Balaban J connectivity index is 2.25. The summed E-state index contributed by atoms with van der Waals surface area (Å²) in [6.07, 6.45) is 1.37. The van der Waals surface area contributed by atoms with Gasteiger partial charge in [-0.05, 0) is 34.1 Å². The van der Waals surface area contributed by atoms with Gasteiger partial charge in [0.05, 0.1) is 5.69 Å². The molecule has 2 aromatic rings. The Kier molecular flexibility index (Phi) is 3.50. The molecule has 0 saturated heterocycles. The number of hydrazine groups is 1. The van der Waals surface area contributed by atoms with Gasteiger partial charge in [0, 0.05) is 10.5 Å². The first-order valence-electron chi connectivity index (χ1n) is 4.70. The van der Waals surface area contributed by atoms with Gasteiger partial charge < -0.3 is 10.7 Å². The lowest BCUT2D eigenvalue weighted by Gasteiger charge is -2.08. The molecule has 0 bridgehead atoms. The second kappa shape index (κ2) is 5.07. The van der Waals surface area contributed by atoms with Crippen LogP contribution in [-0.4, -0.2) is 9.97 Å². The van der Waals surface area contributed by atoms with Crippen LogP contribution in [-0.2, 0) is 0 Å². The minimum Gasteiger partial charge on any atom is -0.339 e. The Morgan fingerprint density at radius 3 is 2.65 bits per heavy atom. The molecule has 1 heterocycles. The van der Waals surface area contributed by atoms with Crippen molar-refractivity contribution in [3.63, 3.8) is 0 Å². The van der Waals surface area contributed by atoms with Gasteiger partial charge in [-0.25, -0.2) is 20.2 Å². The highest BCUT2D eigenvalue weighted by atomic mass is 79.9. The first-order valence-corrected chi connectivity index (χ1v) is 5.49. The number of hydrogen-bond acceptors (Lipinski definition) is 5. The Labute approximate surface area is 105 Å². The average Bonchev–Trinajstić information content (AvgIpc) is 2.33. The van der Waals surface area contributed by atoms with Gasteiger partial charge in [-0.2, -0.15) is 0 Å². The highest BCUT2D eigenvalue weighted by Gasteiger charge is 2.03. The summed E-state index contributed by atoms with van der Waals surface area (Å²) < 4.78 is 13.5. The van der Waals surface area contributed by atoms with Gasteiger partial charge in [0.2, 0.25) is 0 Å². The van der Waals surface area contributed by atoms with E-state index in [4.69, 9.17) is 5.84 Å². The number of halogens is 2. The van der Waals surface area contributed by atoms with E-state index in [0.29, 0.717) is 21.8 Å². The molecule has 4 N–H and O–H groups in total. The number of aromatic nitrogens is 2. The summed E-state index contributed by atoms with van der Waals surface area (Å²) in [5.41, 5.74) is 3.12. The second-order valence-electron chi connectivity index (χ2n) is 3.18. The van der Waals surface area contributed by atoms with Crippen LogP contribution >= 0.6 is 15.9 Å². The maximum absolute atomic E-state index is 12.9. The van der Waals surface area contributed by atoms with E-state index in [1.807, 2.05) is 0 Å². The molecule has 0 spiro atoms. The van der Waals surface area contributed by atoms with Crippen LogP contribution in [0.4, 0.5) is 21.7 Å². The van der Waals surface area contributed by atoms with Crippen molar-refractivity contribution in [3.8, 4) is 0 Å². The van der Waals surface area contributed by atoms with Crippen molar-refractivity contribution in [2.75, 3.05) is 10.7 Å². The summed E-state index contributed by atoms with van der Waals surface area (Å²) in [4.78, 5) is 7.89. The van der Waals surface area contributed by atoms with E-state index >= 15 is 0 Å². The normalized spacial score (nSPS) is 10.1. The van der Waals surface area contributed by atoms with Crippen LogP contribution in [0.1, 0.15) is 0 Å². The van der Waals surface area contributed by atoms with Crippen molar-refractivity contribution in [2.45, 2.75) is 0 Å². The fraction of sp³-hybridized carbons (Fsp3) is 0. The first kappa shape index (κ1) is 11.7. The maximum atomic E-state index is 12.9. The molecule has 0 radical (unpaired) electrons. The highest BCUT2D eigenvalue weighted by molar-refractivity contribution is 9.10. The van der Waals surface area contributed by atoms with E-state index in [1.54, 1.807) is 12.1 Å². The molecule has 0 fully saturated rings. The smallest absolute Gasteiger partial charge is 0.145 e. The Bertz CT molecular complexity index is 534. The molecule has 88 valence electrons. The van der Waals surface area contributed by atoms with Crippen molar-refractivity contribution in [1.29, 1.82) is 0 Å². The van der Waals surface area contributed by atoms with Crippen LogP contribution in [0.5, 0.6) is 0 Å². The predicted octanol–water partition coefficient (Wildman–Crippen LogP) is 2.41. The van der Waals surface area contributed by atoms with Crippen LogP contribution in [0.15, 0.2) is 35.1 Å². The van der Waals surface area contributed by atoms with E-state index in [-0.39, 0.29) is 5.82 Å². The summed E-state index contributed by atoms with van der Waals surface area (Å²) in [7, 11) is 0. The number of nitrogens with zero attached hydrogens (tertiary/aromatic N) is 2. The number of nitrogens with two attached hydrogens (primary N) is 1. The third-order valence-electron chi connectivity index (χ3n) is 2.01. The van der Waals surface area contributed by atoms with Gasteiger partial charge >= 0.3 is 0 Å². The molecule has 0 unspecified atom stereocenters. The monoisotopic (exact) mass is 297 g/mol.